The summed E-state index contributed by atoms with van der Waals surface area (Å²) < 4.78 is 5.08. The molecule has 0 aliphatic carbocycles. The van der Waals surface area contributed by atoms with Crippen molar-refractivity contribution in [3.63, 3.8) is 0 Å². The Morgan fingerprint density at radius 1 is 1.50 bits per heavy atom. The third kappa shape index (κ3) is 2.92. The van der Waals surface area contributed by atoms with E-state index in [9.17, 15) is 9.59 Å². The molecule has 1 aromatic heterocycles. The summed E-state index contributed by atoms with van der Waals surface area (Å²) >= 11 is 0. The van der Waals surface area contributed by atoms with Gasteiger partial charge < -0.3 is 19.8 Å². The van der Waals surface area contributed by atoms with Gasteiger partial charge in [0.15, 0.2) is 0 Å². The molecule has 110 valence electrons. The van der Waals surface area contributed by atoms with Gasteiger partial charge in [0.25, 0.3) is 0 Å². The number of rotatable bonds is 4. The molecule has 1 unspecified atom stereocenters. The monoisotopic (exact) mass is 281 g/mol. The third-order valence-electron chi connectivity index (χ3n) is 3.57. The number of carbonyl (C=O) groups is 2. The number of carboxylic acid groups (broad SMARTS) is 1. The van der Waals surface area contributed by atoms with E-state index < -0.39 is 5.97 Å². The number of aliphatic carboxylic acids is 1. The van der Waals surface area contributed by atoms with Gasteiger partial charge in [0.05, 0.1) is 18.2 Å². The highest BCUT2D eigenvalue weighted by Gasteiger charge is 2.33. The van der Waals surface area contributed by atoms with Gasteiger partial charge in [-0.25, -0.2) is 4.79 Å². The second-order valence-electron chi connectivity index (χ2n) is 5.28. The van der Waals surface area contributed by atoms with Gasteiger partial charge >= 0.3 is 12.0 Å². The quantitative estimate of drug-likeness (QED) is 0.871. The number of aromatic nitrogens is 1. The Morgan fingerprint density at radius 2 is 2.15 bits per heavy atom. The van der Waals surface area contributed by atoms with Crippen molar-refractivity contribution in [2.75, 3.05) is 13.1 Å². The fraction of sp³-hybridized carbons (Fsp3) is 0.615. The van der Waals surface area contributed by atoms with Gasteiger partial charge in [-0.15, -0.1) is 0 Å². The molecule has 7 nitrogen and oxygen atoms in total. The minimum atomic E-state index is -0.820. The van der Waals surface area contributed by atoms with E-state index in [1.165, 1.54) is 0 Å². The number of hydrogen-bond acceptors (Lipinski definition) is 4. The van der Waals surface area contributed by atoms with Crippen LogP contribution in [0.25, 0.3) is 0 Å². The molecule has 20 heavy (non-hydrogen) atoms. The molecular weight excluding hydrogens is 262 g/mol. The van der Waals surface area contributed by atoms with E-state index in [1.54, 1.807) is 4.90 Å². The molecular formula is C13H19N3O4. The van der Waals surface area contributed by atoms with Crippen LogP contribution in [0, 0.1) is 19.8 Å². The fourth-order valence-electron chi connectivity index (χ4n) is 2.57. The smallest absolute Gasteiger partial charge is 0.317 e. The molecule has 1 atom stereocenters. The van der Waals surface area contributed by atoms with Crippen LogP contribution in [0.1, 0.15) is 36.4 Å². The van der Waals surface area contributed by atoms with Gasteiger partial charge in [-0.3, -0.25) is 4.79 Å². The zero-order valence-electron chi connectivity index (χ0n) is 11.8. The molecule has 0 saturated carbocycles. The highest BCUT2D eigenvalue weighted by Crippen LogP contribution is 2.23. The summed E-state index contributed by atoms with van der Waals surface area (Å²) in [5.74, 6) is -0.0607. The van der Waals surface area contributed by atoms with Crippen molar-refractivity contribution in [1.82, 2.24) is 15.4 Å². The standard InChI is InChI=1S/C13H19N3O4/c1-7(12-8(2)15-20-9(12)3)14-13(19)16-5-10(6-16)4-11(17)18/h7,10H,4-6H2,1-3H3,(H,14,19)(H,17,18). The lowest BCUT2D eigenvalue weighted by Crippen LogP contribution is -2.54. The number of nitrogens with zero attached hydrogens (tertiary/aromatic N) is 2. The first-order chi connectivity index (χ1) is 9.38. The summed E-state index contributed by atoms with van der Waals surface area (Å²) in [5.41, 5.74) is 1.66. The van der Waals surface area contributed by atoms with Gasteiger partial charge in [0.1, 0.15) is 5.76 Å². The number of likely N-dealkylation sites (tertiary alicyclic amines) is 1. The largest absolute Gasteiger partial charge is 0.481 e. The highest BCUT2D eigenvalue weighted by molar-refractivity contribution is 5.76. The SMILES string of the molecule is Cc1noc(C)c1C(C)NC(=O)N1CC(CC(=O)O)C1. The van der Waals surface area contributed by atoms with Gasteiger partial charge in [-0.1, -0.05) is 5.16 Å². The molecule has 1 aromatic rings. The second kappa shape index (κ2) is 5.52. The summed E-state index contributed by atoms with van der Waals surface area (Å²) in [6, 6.07) is -0.369. The zero-order chi connectivity index (χ0) is 14.9. The van der Waals surface area contributed by atoms with Gasteiger partial charge in [-0.05, 0) is 20.8 Å². The number of hydrogen-bond donors (Lipinski definition) is 2. The Kier molecular flexibility index (Phi) is 3.96. The molecule has 0 aromatic carbocycles. The van der Waals surface area contributed by atoms with E-state index in [0.717, 1.165) is 11.3 Å². The summed E-state index contributed by atoms with van der Waals surface area (Å²) in [6.45, 7) is 6.50. The van der Waals surface area contributed by atoms with Crippen LogP contribution in [0.3, 0.4) is 0 Å². The van der Waals surface area contributed by atoms with Crippen LogP contribution >= 0.6 is 0 Å². The van der Waals surface area contributed by atoms with Gasteiger partial charge in [0, 0.05) is 24.6 Å². The Bertz CT molecular complexity index is 500. The number of carbonyl (C=O) groups excluding carboxylic acids is 1. The van der Waals surface area contributed by atoms with E-state index in [0.29, 0.717) is 18.8 Å². The molecule has 0 radical (unpaired) electrons. The average molecular weight is 281 g/mol. The molecule has 1 aliphatic heterocycles. The van der Waals surface area contributed by atoms with Crippen molar-refractivity contribution < 1.29 is 19.2 Å². The van der Waals surface area contributed by atoms with E-state index >= 15 is 0 Å². The Morgan fingerprint density at radius 3 is 2.65 bits per heavy atom. The second-order valence-corrected chi connectivity index (χ2v) is 5.28. The van der Waals surface area contributed by atoms with Crippen molar-refractivity contribution in [1.29, 1.82) is 0 Å². The minimum Gasteiger partial charge on any atom is -0.481 e. The predicted molar refractivity (Wildman–Crippen MR) is 70.2 cm³/mol. The average Bonchev–Trinajstić information content (AvgIpc) is 2.62. The molecule has 1 fully saturated rings. The summed E-state index contributed by atoms with van der Waals surface area (Å²) in [7, 11) is 0. The summed E-state index contributed by atoms with van der Waals surface area (Å²) in [5, 5.41) is 15.4. The molecule has 2 N–H and O–H groups in total. The molecule has 1 aliphatic rings. The molecule has 7 heteroatoms. The predicted octanol–water partition coefficient (Wildman–Crippen LogP) is 1.47. The first kappa shape index (κ1) is 14.4. The maximum Gasteiger partial charge on any atom is 0.317 e. The zero-order valence-corrected chi connectivity index (χ0v) is 11.8. The summed E-state index contributed by atoms with van der Waals surface area (Å²) in [6.07, 6.45) is 0.114. The fourth-order valence-corrected chi connectivity index (χ4v) is 2.57. The van der Waals surface area contributed by atoms with Crippen LogP contribution < -0.4 is 5.32 Å². The number of nitrogens with one attached hydrogen (secondary N) is 1. The lowest BCUT2D eigenvalue weighted by Gasteiger charge is -2.39. The maximum absolute atomic E-state index is 12.0. The van der Waals surface area contributed by atoms with Crippen molar-refractivity contribution >= 4 is 12.0 Å². The number of carboxylic acids is 1. The van der Waals surface area contributed by atoms with E-state index in [1.807, 2.05) is 20.8 Å². The lowest BCUT2D eigenvalue weighted by molar-refractivity contribution is -0.139. The summed E-state index contributed by atoms with van der Waals surface area (Å²) in [4.78, 5) is 24.2. The normalized spacial score (nSPS) is 16.6. The Balaban J connectivity index is 1.86. The molecule has 0 spiro atoms. The van der Waals surface area contributed by atoms with Crippen molar-refractivity contribution in [2.24, 2.45) is 5.92 Å². The van der Waals surface area contributed by atoms with Crippen LogP contribution in [-0.4, -0.2) is 40.3 Å². The molecule has 2 heterocycles. The Labute approximate surface area is 116 Å². The van der Waals surface area contributed by atoms with Gasteiger partial charge in [-0.2, -0.15) is 0 Å². The minimum absolute atomic E-state index is 0.0626. The van der Waals surface area contributed by atoms with Crippen LogP contribution in [0.15, 0.2) is 4.52 Å². The van der Waals surface area contributed by atoms with Crippen molar-refractivity contribution in [2.45, 2.75) is 33.2 Å². The van der Waals surface area contributed by atoms with Crippen LogP contribution in [0.5, 0.6) is 0 Å². The molecule has 2 rings (SSSR count). The topological polar surface area (TPSA) is 95.7 Å². The van der Waals surface area contributed by atoms with Crippen LogP contribution in [-0.2, 0) is 4.79 Å². The highest BCUT2D eigenvalue weighted by atomic mass is 16.5. The molecule has 2 amide bonds. The van der Waals surface area contributed by atoms with E-state index in [-0.39, 0.29) is 24.4 Å². The van der Waals surface area contributed by atoms with Crippen LogP contribution in [0.2, 0.25) is 0 Å². The molecule has 1 saturated heterocycles. The van der Waals surface area contributed by atoms with Crippen LogP contribution in [0.4, 0.5) is 4.79 Å². The maximum atomic E-state index is 12.0. The third-order valence-corrected chi connectivity index (χ3v) is 3.57. The van der Waals surface area contributed by atoms with Crippen molar-refractivity contribution in [3.05, 3.63) is 17.0 Å². The number of urea groups is 1. The van der Waals surface area contributed by atoms with Gasteiger partial charge in [0.2, 0.25) is 0 Å². The first-order valence-electron chi connectivity index (χ1n) is 6.58. The van der Waals surface area contributed by atoms with Crippen molar-refractivity contribution in [3.8, 4) is 0 Å². The van der Waals surface area contributed by atoms with E-state index in [4.69, 9.17) is 9.63 Å². The lowest BCUT2D eigenvalue weighted by atomic mass is 9.97. The number of amides is 2. The first-order valence-corrected chi connectivity index (χ1v) is 6.58. The molecule has 0 bridgehead atoms. The Hall–Kier alpha value is -2.05. The number of aryl methyl sites for hydroxylation is 2. The van der Waals surface area contributed by atoms with E-state index in [2.05, 4.69) is 10.5 Å².